The zero-order valence-corrected chi connectivity index (χ0v) is 19.9. The van der Waals surface area contributed by atoms with Gasteiger partial charge in [-0.1, -0.05) is 56.3 Å². The second kappa shape index (κ2) is 11.4. The molecule has 1 amide bonds. The van der Waals surface area contributed by atoms with Gasteiger partial charge < -0.3 is 15.5 Å². The summed E-state index contributed by atoms with van der Waals surface area (Å²) in [4.78, 5) is 23.7. The van der Waals surface area contributed by atoms with E-state index in [0.717, 1.165) is 31.2 Å². The number of carboxylic acids is 1. The van der Waals surface area contributed by atoms with Gasteiger partial charge in [-0.05, 0) is 72.6 Å². The predicted molar refractivity (Wildman–Crippen MR) is 131 cm³/mol. The van der Waals surface area contributed by atoms with Crippen LogP contribution in [0, 0.1) is 17.8 Å². The van der Waals surface area contributed by atoms with Crippen molar-refractivity contribution in [1.29, 1.82) is 0 Å². The van der Waals surface area contributed by atoms with Gasteiger partial charge in [0.1, 0.15) is 12.3 Å². The molecule has 0 radical (unpaired) electrons. The molecule has 2 unspecified atom stereocenters. The van der Waals surface area contributed by atoms with E-state index in [1.54, 1.807) is 6.07 Å². The van der Waals surface area contributed by atoms with E-state index >= 15 is 0 Å². The molecule has 0 spiro atoms. The van der Waals surface area contributed by atoms with Gasteiger partial charge in [0.05, 0.1) is 0 Å². The van der Waals surface area contributed by atoms with E-state index in [9.17, 15) is 14.7 Å². The topological polar surface area (TPSA) is 86.6 Å². The number of aromatic hydroxyl groups is 1. The Balaban J connectivity index is 0.00000363. The van der Waals surface area contributed by atoms with Crippen LogP contribution < -0.4 is 5.32 Å². The SMILES string of the molecule is C[C@H]1CC(C[C@H](Cc2ccccc2)C(=O)NCC(=O)O)CCC1(C)c1cccc(O)c1.S. The van der Waals surface area contributed by atoms with E-state index in [2.05, 4.69) is 25.2 Å². The van der Waals surface area contributed by atoms with Crippen molar-refractivity contribution >= 4 is 25.4 Å². The van der Waals surface area contributed by atoms with E-state index in [0.29, 0.717) is 24.0 Å². The molecule has 5 nitrogen and oxygen atoms in total. The van der Waals surface area contributed by atoms with Crippen LogP contribution in [0.3, 0.4) is 0 Å². The largest absolute Gasteiger partial charge is 0.508 e. The van der Waals surface area contributed by atoms with Gasteiger partial charge in [-0.15, -0.1) is 0 Å². The van der Waals surface area contributed by atoms with E-state index in [-0.39, 0.29) is 37.3 Å². The number of phenolic OH excluding ortho intramolecular Hbond substituents is 1. The first-order chi connectivity index (χ1) is 14.8. The van der Waals surface area contributed by atoms with Gasteiger partial charge in [-0.2, -0.15) is 13.5 Å². The highest BCUT2D eigenvalue weighted by Gasteiger charge is 2.39. The minimum atomic E-state index is -1.03. The highest BCUT2D eigenvalue weighted by atomic mass is 32.1. The van der Waals surface area contributed by atoms with Crippen LogP contribution in [0.25, 0.3) is 0 Å². The molecule has 3 N–H and O–H groups in total. The number of carboxylic acid groups (broad SMARTS) is 1. The first-order valence-corrected chi connectivity index (χ1v) is 11.1. The number of nitrogens with one attached hydrogen (secondary N) is 1. The van der Waals surface area contributed by atoms with Crippen molar-refractivity contribution in [3.05, 3.63) is 65.7 Å². The molecule has 1 saturated carbocycles. The summed E-state index contributed by atoms with van der Waals surface area (Å²) in [5.41, 5.74) is 2.25. The van der Waals surface area contributed by atoms with Crippen LogP contribution in [-0.2, 0) is 21.4 Å². The minimum absolute atomic E-state index is 0. The van der Waals surface area contributed by atoms with E-state index in [1.165, 1.54) is 5.56 Å². The summed E-state index contributed by atoms with van der Waals surface area (Å²) in [7, 11) is 0. The Kier molecular flexibility index (Phi) is 9.20. The maximum absolute atomic E-state index is 12.8. The van der Waals surface area contributed by atoms with Crippen LogP contribution >= 0.6 is 13.5 Å². The van der Waals surface area contributed by atoms with Crippen LogP contribution in [-0.4, -0.2) is 28.6 Å². The maximum atomic E-state index is 12.8. The highest BCUT2D eigenvalue weighted by Crippen LogP contribution is 2.47. The summed E-state index contributed by atoms with van der Waals surface area (Å²) in [5, 5.41) is 21.4. The number of aliphatic carboxylic acids is 1. The summed E-state index contributed by atoms with van der Waals surface area (Å²) in [6, 6.07) is 17.5. The second-order valence-corrected chi connectivity index (χ2v) is 9.24. The molecule has 2 aromatic carbocycles. The minimum Gasteiger partial charge on any atom is -0.508 e. The zero-order valence-electron chi connectivity index (χ0n) is 18.9. The van der Waals surface area contributed by atoms with E-state index in [1.807, 2.05) is 42.5 Å². The molecule has 174 valence electrons. The molecule has 1 fully saturated rings. The molecular weight excluding hydrogens is 422 g/mol. The lowest BCUT2D eigenvalue weighted by Gasteiger charge is -2.44. The van der Waals surface area contributed by atoms with Crippen molar-refractivity contribution in [3.8, 4) is 5.75 Å². The Morgan fingerprint density at radius 2 is 1.88 bits per heavy atom. The third kappa shape index (κ3) is 6.52. The summed E-state index contributed by atoms with van der Waals surface area (Å²) in [6.07, 6.45) is 4.37. The first kappa shape index (κ1) is 25.8. The lowest BCUT2D eigenvalue weighted by Crippen LogP contribution is -2.39. The molecule has 4 atom stereocenters. The van der Waals surface area contributed by atoms with Gasteiger partial charge in [-0.3, -0.25) is 9.59 Å². The molecule has 0 aromatic heterocycles. The number of phenols is 1. The maximum Gasteiger partial charge on any atom is 0.322 e. The van der Waals surface area contributed by atoms with Crippen LogP contribution in [0.15, 0.2) is 54.6 Å². The summed E-state index contributed by atoms with van der Waals surface area (Å²) in [6.45, 7) is 4.18. The number of hydrogen-bond acceptors (Lipinski definition) is 3. The van der Waals surface area contributed by atoms with Crippen LogP contribution in [0.1, 0.15) is 50.7 Å². The van der Waals surface area contributed by atoms with Gasteiger partial charge in [0.15, 0.2) is 0 Å². The van der Waals surface area contributed by atoms with Crippen molar-refractivity contribution in [2.24, 2.45) is 17.8 Å². The Morgan fingerprint density at radius 1 is 1.16 bits per heavy atom. The average molecular weight is 458 g/mol. The van der Waals surface area contributed by atoms with Gasteiger partial charge >= 0.3 is 5.97 Å². The normalized spacial score (nSPS) is 23.6. The van der Waals surface area contributed by atoms with E-state index < -0.39 is 5.97 Å². The lowest BCUT2D eigenvalue weighted by molar-refractivity contribution is -0.138. The molecule has 1 aliphatic carbocycles. The number of carbonyl (C=O) groups is 2. The van der Waals surface area contributed by atoms with Crippen molar-refractivity contribution in [2.75, 3.05) is 6.54 Å². The predicted octanol–water partition coefficient (Wildman–Crippen LogP) is 4.65. The van der Waals surface area contributed by atoms with Crippen molar-refractivity contribution in [3.63, 3.8) is 0 Å². The fourth-order valence-electron chi connectivity index (χ4n) is 5.02. The van der Waals surface area contributed by atoms with Gasteiger partial charge in [0.2, 0.25) is 5.91 Å². The Morgan fingerprint density at radius 3 is 2.50 bits per heavy atom. The molecule has 6 heteroatoms. The van der Waals surface area contributed by atoms with E-state index in [4.69, 9.17) is 5.11 Å². The van der Waals surface area contributed by atoms with Crippen molar-refractivity contribution < 1.29 is 19.8 Å². The van der Waals surface area contributed by atoms with Gasteiger partial charge in [0.25, 0.3) is 0 Å². The molecule has 1 aliphatic rings. The van der Waals surface area contributed by atoms with Crippen LogP contribution in [0.5, 0.6) is 5.75 Å². The Labute approximate surface area is 197 Å². The highest BCUT2D eigenvalue weighted by molar-refractivity contribution is 7.59. The number of hydrogen-bond donors (Lipinski definition) is 3. The molecule has 3 rings (SSSR count). The smallest absolute Gasteiger partial charge is 0.322 e. The quantitative estimate of drug-likeness (QED) is 0.539. The average Bonchev–Trinajstić information content (AvgIpc) is 2.75. The fourth-order valence-corrected chi connectivity index (χ4v) is 5.02. The molecule has 0 aliphatic heterocycles. The van der Waals surface area contributed by atoms with Crippen molar-refractivity contribution in [2.45, 2.75) is 51.4 Å². The number of rotatable bonds is 8. The third-order valence-electron chi connectivity index (χ3n) is 7.08. The Bertz CT molecular complexity index is 904. The molecule has 0 bridgehead atoms. The van der Waals surface area contributed by atoms with Crippen LogP contribution in [0.2, 0.25) is 0 Å². The summed E-state index contributed by atoms with van der Waals surface area (Å²) in [5.74, 6) is -0.340. The summed E-state index contributed by atoms with van der Waals surface area (Å²) < 4.78 is 0. The number of benzene rings is 2. The monoisotopic (exact) mass is 457 g/mol. The van der Waals surface area contributed by atoms with Crippen LogP contribution in [0.4, 0.5) is 0 Å². The first-order valence-electron chi connectivity index (χ1n) is 11.1. The molecule has 0 heterocycles. The zero-order chi connectivity index (χ0) is 22.4. The molecular formula is C26H35NO4S. The third-order valence-corrected chi connectivity index (χ3v) is 7.08. The number of amides is 1. The van der Waals surface area contributed by atoms with Gasteiger partial charge in [0, 0.05) is 5.92 Å². The summed E-state index contributed by atoms with van der Waals surface area (Å²) >= 11 is 0. The van der Waals surface area contributed by atoms with Gasteiger partial charge in [-0.25, -0.2) is 0 Å². The standard InChI is InChI=1S/C26H33NO4.H2S/c1-18-13-20(11-12-26(18,2)22-9-6-10-23(28)16-22)15-21(25(31)27-17-24(29)30)14-19-7-4-3-5-8-19;/h3-10,16,18,20-21,28H,11-15,17H2,1-2H3,(H,27,31)(H,29,30);1H2/t18-,20?,21-,26?;/m0./s1. The lowest BCUT2D eigenvalue weighted by atomic mass is 9.61. The number of carbonyl (C=O) groups excluding carboxylic acids is 1. The van der Waals surface area contributed by atoms with Crippen molar-refractivity contribution in [1.82, 2.24) is 5.32 Å². The molecule has 0 saturated heterocycles. The Hall–Kier alpha value is -2.47. The molecule has 2 aromatic rings. The molecule has 32 heavy (non-hydrogen) atoms. The fraction of sp³-hybridized carbons (Fsp3) is 0.462. The second-order valence-electron chi connectivity index (χ2n) is 9.24.